The van der Waals surface area contributed by atoms with Gasteiger partial charge >= 0.3 is 0 Å². The van der Waals surface area contributed by atoms with E-state index in [0.717, 1.165) is 5.56 Å². The molecule has 0 radical (unpaired) electrons. The van der Waals surface area contributed by atoms with E-state index in [1.807, 2.05) is 25.1 Å². The molecule has 0 spiro atoms. The second kappa shape index (κ2) is 7.16. The molecule has 0 aromatic heterocycles. The molecule has 1 N–H and O–H groups in total. The third-order valence-electron chi connectivity index (χ3n) is 3.61. The highest BCUT2D eigenvalue weighted by atomic mass is 16.5. The van der Waals surface area contributed by atoms with Crippen LogP contribution >= 0.6 is 0 Å². The molecule has 1 aliphatic carbocycles. The lowest BCUT2D eigenvalue weighted by Gasteiger charge is -2.11. The number of carbonyl (C=O) groups is 1. The standard InChI is InChI=1S/C17H23NO3/c1-4-21-15-9-5-13(11-16(15)20-3)6-10-17(19)18-12(2)14-7-8-14/h5-6,9-12,14H,4,7-8H2,1-3H3,(H,18,19). The molecular formula is C17H23NO3. The molecule has 1 fully saturated rings. The lowest BCUT2D eigenvalue weighted by Crippen LogP contribution is -2.32. The Hall–Kier alpha value is -1.97. The number of methoxy groups -OCH3 is 1. The summed E-state index contributed by atoms with van der Waals surface area (Å²) in [5.41, 5.74) is 0.907. The van der Waals surface area contributed by atoms with Gasteiger partial charge in [-0.2, -0.15) is 0 Å². The zero-order chi connectivity index (χ0) is 15.2. The molecule has 0 bridgehead atoms. The van der Waals surface area contributed by atoms with E-state index in [4.69, 9.17) is 9.47 Å². The number of benzene rings is 1. The summed E-state index contributed by atoms with van der Waals surface area (Å²) >= 11 is 0. The summed E-state index contributed by atoms with van der Waals surface area (Å²) in [5.74, 6) is 1.99. The zero-order valence-electron chi connectivity index (χ0n) is 12.9. The highest BCUT2D eigenvalue weighted by molar-refractivity contribution is 5.92. The van der Waals surface area contributed by atoms with Gasteiger partial charge in [-0.05, 0) is 56.4 Å². The van der Waals surface area contributed by atoms with Crippen LogP contribution in [-0.2, 0) is 4.79 Å². The van der Waals surface area contributed by atoms with Crippen molar-refractivity contribution in [2.75, 3.05) is 13.7 Å². The van der Waals surface area contributed by atoms with E-state index in [9.17, 15) is 4.79 Å². The lowest BCUT2D eigenvalue weighted by molar-refractivity contribution is -0.117. The third-order valence-corrected chi connectivity index (χ3v) is 3.61. The average molecular weight is 289 g/mol. The molecule has 1 atom stereocenters. The van der Waals surface area contributed by atoms with Crippen LogP contribution in [0.4, 0.5) is 0 Å². The quantitative estimate of drug-likeness (QED) is 0.785. The van der Waals surface area contributed by atoms with Crippen LogP contribution in [-0.4, -0.2) is 25.7 Å². The van der Waals surface area contributed by atoms with Crippen molar-refractivity contribution in [1.29, 1.82) is 0 Å². The third kappa shape index (κ3) is 4.52. The monoisotopic (exact) mass is 289 g/mol. The minimum absolute atomic E-state index is 0.0535. The smallest absolute Gasteiger partial charge is 0.244 e. The van der Waals surface area contributed by atoms with Gasteiger partial charge in [0.25, 0.3) is 0 Å². The van der Waals surface area contributed by atoms with Crippen LogP contribution in [0.15, 0.2) is 24.3 Å². The summed E-state index contributed by atoms with van der Waals surface area (Å²) in [7, 11) is 1.61. The minimum Gasteiger partial charge on any atom is -0.493 e. The normalized spacial score (nSPS) is 15.8. The fraction of sp³-hybridized carbons (Fsp3) is 0.471. The Balaban J connectivity index is 1.97. The molecule has 1 aromatic rings. The molecular weight excluding hydrogens is 266 g/mol. The van der Waals surface area contributed by atoms with E-state index >= 15 is 0 Å². The van der Waals surface area contributed by atoms with Gasteiger partial charge in [-0.1, -0.05) is 6.07 Å². The van der Waals surface area contributed by atoms with E-state index < -0.39 is 0 Å². The van der Waals surface area contributed by atoms with Crippen molar-refractivity contribution < 1.29 is 14.3 Å². The van der Waals surface area contributed by atoms with Gasteiger partial charge in [0.15, 0.2) is 11.5 Å². The van der Waals surface area contributed by atoms with Crippen molar-refractivity contribution in [3.05, 3.63) is 29.8 Å². The Morgan fingerprint density at radius 1 is 1.43 bits per heavy atom. The molecule has 1 unspecified atom stereocenters. The average Bonchev–Trinajstić information content (AvgIpc) is 3.31. The number of ether oxygens (including phenoxy) is 2. The Labute approximate surface area is 126 Å². The lowest BCUT2D eigenvalue weighted by atomic mass is 10.1. The largest absolute Gasteiger partial charge is 0.493 e. The fourth-order valence-corrected chi connectivity index (χ4v) is 2.22. The van der Waals surface area contributed by atoms with Crippen LogP contribution in [0.2, 0.25) is 0 Å². The Morgan fingerprint density at radius 2 is 2.19 bits per heavy atom. The van der Waals surface area contributed by atoms with Crippen LogP contribution in [0.1, 0.15) is 32.3 Å². The first-order chi connectivity index (χ1) is 10.1. The molecule has 4 heteroatoms. The summed E-state index contributed by atoms with van der Waals surface area (Å²) in [5, 5.41) is 2.99. The summed E-state index contributed by atoms with van der Waals surface area (Å²) in [6.45, 7) is 4.58. The first kappa shape index (κ1) is 15.4. The van der Waals surface area contributed by atoms with Gasteiger partial charge in [-0.3, -0.25) is 4.79 Å². The predicted molar refractivity (Wildman–Crippen MR) is 83.5 cm³/mol. The Kier molecular flexibility index (Phi) is 5.26. The fourth-order valence-electron chi connectivity index (χ4n) is 2.22. The number of hydrogen-bond donors (Lipinski definition) is 1. The second-order valence-corrected chi connectivity index (χ2v) is 5.31. The molecule has 0 saturated heterocycles. The van der Waals surface area contributed by atoms with Gasteiger partial charge in [-0.25, -0.2) is 0 Å². The van der Waals surface area contributed by atoms with Gasteiger partial charge in [0.1, 0.15) is 0 Å². The van der Waals surface area contributed by atoms with Gasteiger partial charge in [0.2, 0.25) is 5.91 Å². The SMILES string of the molecule is CCOc1ccc(C=CC(=O)NC(C)C2CC2)cc1OC. The number of carbonyl (C=O) groups excluding carboxylic acids is 1. The maximum Gasteiger partial charge on any atom is 0.244 e. The predicted octanol–water partition coefficient (Wildman–Crippen LogP) is 3.02. The van der Waals surface area contributed by atoms with Crippen molar-refractivity contribution in [3.8, 4) is 11.5 Å². The summed E-state index contributed by atoms with van der Waals surface area (Å²) in [4.78, 5) is 11.8. The van der Waals surface area contributed by atoms with Crippen LogP contribution in [0, 0.1) is 5.92 Å². The topological polar surface area (TPSA) is 47.6 Å². The van der Waals surface area contributed by atoms with Gasteiger partial charge in [0.05, 0.1) is 13.7 Å². The molecule has 1 aliphatic rings. The molecule has 114 valence electrons. The maximum atomic E-state index is 11.8. The highest BCUT2D eigenvalue weighted by Crippen LogP contribution is 2.32. The first-order valence-electron chi connectivity index (χ1n) is 7.43. The van der Waals surface area contributed by atoms with Crippen LogP contribution in [0.3, 0.4) is 0 Å². The number of amides is 1. The van der Waals surface area contributed by atoms with Gasteiger partial charge in [-0.15, -0.1) is 0 Å². The number of rotatable bonds is 7. The molecule has 1 amide bonds. The summed E-state index contributed by atoms with van der Waals surface area (Å²) < 4.78 is 10.8. The Bertz CT molecular complexity index is 521. The van der Waals surface area contributed by atoms with Crippen molar-refractivity contribution >= 4 is 12.0 Å². The van der Waals surface area contributed by atoms with Crippen LogP contribution in [0.5, 0.6) is 11.5 Å². The molecule has 1 saturated carbocycles. The van der Waals surface area contributed by atoms with Crippen molar-refractivity contribution in [3.63, 3.8) is 0 Å². The highest BCUT2D eigenvalue weighted by Gasteiger charge is 2.28. The van der Waals surface area contributed by atoms with E-state index in [1.54, 1.807) is 19.3 Å². The summed E-state index contributed by atoms with van der Waals surface area (Å²) in [6, 6.07) is 5.88. The van der Waals surface area contributed by atoms with Crippen molar-refractivity contribution in [2.45, 2.75) is 32.7 Å². The van der Waals surface area contributed by atoms with Gasteiger partial charge < -0.3 is 14.8 Å². The summed E-state index contributed by atoms with van der Waals surface area (Å²) in [6.07, 6.45) is 5.80. The van der Waals surface area contributed by atoms with E-state index in [1.165, 1.54) is 12.8 Å². The van der Waals surface area contributed by atoms with Crippen LogP contribution < -0.4 is 14.8 Å². The molecule has 1 aromatic carbocycles. The van der Waals surface area contributed by atoms with Crippen LogP contribution in [0.25, 0.3) is 6.08 Å². The number of hydrogen-bond acceptors (Lipinski definition) is 3. The van der Waals surface area contributed by atoms with Gasteiger partial charge in [0, 0.05) is 12.1 Å². The molecule has 21 heavy (non-hydrogen) atoms. The van der Waals surface area contributed by atoms with E-state index in [0.29, 0.717) is 24.0 Å². The second-order valence-electron chi connectivity index (χ2n) is 5.31. The van der Waals surface area contributed by atoms with Crippen molar-refractivity contribution in [2.24, 2.45) is 5.92 Å². The molecule has 0 heterocycles. The van der Waals surface area contributed by atoms with E-state index in [2.05, 4.69) is 12.2 Å². The zero-order valence-corrected chi connectivity index (χ0v) is 12.9. The minimum atomic E-state index is -0.0535. The number of nitrogens with one attached hydrogen (secondary N) is 1. The Morgan fingerprint density at radius 3 is 2.81 bits per heavy atom. The molecule has 2 rings (SSSR count). The van der Waals surface area contributed by atoms with Crippen molar-refractivity contribution in [1.82, 2.24) is 5.32 Å². The van der Waals surface area contributed by atoms with E-state index in [-0.39, 0.29) is 11.9 Å². The first-order valence-corrected chi connectivity index (χ1v) is 7.43. The maximum absolute atomic E-state index is 11.8. The molecule has 0 aliphatic heterocycles. The molecule has 4 nitrogen and oxygen atoms in total.